The lowest BCUT2D eigenvalue weighted by Gasteiger charge is -2.35. The number of aryl methyl sites for hydroxylation is 1. The van der Waals surface area contributed by atoms with Gasteiger partial charge < -0.3 is 9.88 Å². The third-order valence-electron chi connectivity index (χ3n) is 4.34. The molecule has 0 amide bonds. The van der Waals surface area contributed by atoms with Crippen molar-refractivity contribution >= 4 is 26.7 Å². The Balaban J connectivity index is 1.68. The molecule has 126 valence electrons. The Morgan fingerprint density at radius 2 is 1.96 bits per heavy atom. The van der Waals surface area contributed by atoms with Crippen LogP contribution in [0.3, 0.4) is 0 Å². The first-order valence-electron chi connectivity index (χ1n) is 8.19. The van der Waals surface area contributed by atoms with Gasteiger partial charge in [0, 0.05) is 31.9 Å². The molecule has 1 aromatic heterocycles. The van der Waals surface area contributed by atoms with Gasteiger partial charge in [-0.15, -0.1) is 0 Å². The highest BCUT2D eigenvalue weighted by Crippen LogP contribution is 2.22. The van der Waals surface area contributed by atoms with Crippen molar-refractivity contribution in [3.8, 4) is 0 Å². The lowest BCUT2D eigenvalue weighted by Crippen LogP contribution is -2.49. The van der Waals surface area contributed by atoms with Gasteiger partial charge in [0.15, 0.2) is 0 Å². The summed E-state index contributed by atoms with van der Waals surface area (Å²) in [5, 5.41) is 0. The van der Waals surface area contributed by atoms with Crippen molar-refractivity contribution in [3.63, 3.8) is 0 Å². The molecule has 0 saturated carbocycles. The fourth-order valence-corrected chi connectivity index (χ4v) is 4.63. The van der Waals surface area contributed by atoms with Crippen LogP contribution < -0.4 is 4.90 Å². The highest BCUT2D eigenvalue weighted by molar-refractivity contribution is 7.89. The van der Waals surface area contributed by atoms with Gasteiger partial charge in [0.05, 0.1) is 16.8 Å². The summed E-state index contributed by atoms with van der Waals surface area (Å²) in [5.41, 5.74) is 3.11. The Morgan fingerprint density at radius 1 is 1.22 bits per heavy atom. The van der Waals surface area contributed by atoms with Gasteiger partial charge in [0.1, 0.15) is 5.82 Å². The zero-order valence-corrected chi connectivity index (χ0v) is 14.6. The number of aromatic nitrogens is 2. The summed E-state index contributed by atoms with van der Waals surface area (Å²) >= 11 is 0. The first-order valence-corrected chi connectivity index (χ1v) is 9.79. The quantitative estimate of drug-likeness (QED) is 0.908. The smallest absolute Gasteiger partial charge is 0.214 e. The number of nitrogens with zero attached hydrogens (tertiary/aromatic N) is 3. The summed E-state index contributed by atoms with van der Waals surface area (Å²) in [6, 6.07) is 6.17. The molecule has 7 heteroatoms. The molecule has 0 unspecified atom stereocenters. The second kappa shape index (κ2) is 6.49. The van der Waals surface area contributed by atoms with Crippen LogP contribution in [-0.4, -0.2) is 54.6 Å². The van der Waals surface area contributed by atoms with Crippen molar-refractivity contribution in [3.05, 3.63) is 24.0 Å². The zero-order valence-electron chi connectivity index (χ0n) is 13.7. The first kappa shape index (κ1) is 16.3. The molecule has 0 radical (unpaired) electrons. The number of unbranched alkanes of at least 4 members (excludes halogenated alkanes) is 1. The van der Waals surface area contributed by atoms with Crippen molar-refractivity contribution in [1.82, 2.24) is 14.3 Å². The number of sulfonamides is 1. The van der Waals surface area contributed by atoms with Gasteiger partial charge in [-0.25, -0.2) is 13.4 Å². The number of hydrogen-bond donors (Lipinski definition) is 1. The predicted octanol–water partition coefficient (Wildman–Crippen LogP) is 2.12. The molecule has 1 aliphatic heterocycles. The van der Waals surface area contributed by atoms with E-state index < -0.39 is 10.0 Å². The van der Waals surface area contributed by atoms with Gasteiger partial charge >= 0.3 is 0 Å². The normalized spacial score (nSPS) is 17.0. The molecule has 1 N–H and O–H groups in total. The number of hydrogen-bond acceptors (Lipinski definition) is 4. The molecule has 2 aromatic rings. The number of rotatable bonds is 5. The molecule has 23 heavy (non-hydrogen) atoms. The Hall–Kier alpha value is -1.60. The summed E-state index contributed by atoms with van der Waals surface area (Å²) in [4.78, 5) is 9.90. The van der Waals surface area contributed by atoms with Crippen LogP contribution in [0.4, 0.5) is 5.69 Å². The molecule has 2 heterocycles. The van der Waals surface area contributed by atoms with Crippen LogP contribution in [0.15, 0.2) is 18.2 Å². The average Bonchev–Trinajstić information content (AvgIpc) is 2.92. The molecule has 0 bridgehead atoms. The molecule has 1 fully saturated rings. The average molecular weight is 336 g/mol. The van der Waals surface area contributed by atoms with Gasteiger partial charge in [-0.2, -0.15) is 4.31 Å². The Labute approximate surface area is 137 Å². The van der Waals surface area contributed by atoms with E-state index in [1.807, 2.05) is 19.9 Å². The van der Waals surface area contributed by atoms with E-state index in [1.54, 1.807) is 4.31 Å². The van der Waals surface area contributed by atoms with Crippen LogP contribution in [0, 0.1) is 6.92 Å². The van der Waals surface area contributed by atoms with E-state index in [-0.39, 0.29) is 5.75 Å². The Kier molecular flexibility index (Phi) is 4.59. The molecule has 1 aromatic carbocycles. The minimum Gasteiger partial charge on any atom is -0.369 e. The third kappa shape index (κ3) is 3.50. The van der Waals surface area contributed by atoms with Crippen molar-refractivity contribution in [2.75, 3.05) is 36.8 Å². The van der Waals surface area contributed by atoms with Crippen molar-refractivity contribution in [1.29, 1.82) is 0 Å². The minimum absolute atomic E-state index is 0.267. The number of piperazine rings is 1. The molecule has 1 saturated heterocycles. The number of anilines is 1. The second-order valence-corrected chi connectivity index (χ2v) is 8.17. The second-order valence-electron chi connectivity index (χ2n) is 6.08. The number of imidazole rings is 1. The Bertz CT molecular complexity index is 776. The van der Waals surface area contributed by atoms with Gasteiger partial charge in [0.25, 0.3) is 0 Å². The van der Waals surface area contributed by atoms with Crippen molar-refractivity contribution in [2.24, 2.45) is 0 Å². The largest absolute Gasteiger partial charge is 0.369 e. The monoisotopic (exact) mass is 336 g/mol. The number of aromatic amines is 1. The van der Waals surface area contributed by atoms with E-state index in [9.17, 15) is 8.42 Å². The summed E-state index contributed by atoms with van der Waals surface area (Å²) in [5.74, 6) is 1.17. The van der Waals surface area contributed by atoms with Crippen LogP contribution in [0.2, 0.25) is 0 Å². The number of nitrogens with one attached hydrogen (secondary N) is 1. The van der Waals surface area contributed by atoms with E-state index in [0.29, 0.717) is 13.1 Å². The molecule has 1 aliphatic rings. The molecular weight excluding hydrogens is 312 g/mol. The van der Waals surface area contributed by atoms with Gasteiger partial charge in [-0.05, 0) is 31.5 Å². The van der Waals surface area contributed by atoms with Crippen LogP contribution >= 0.6 is 0 Å². The van der Waals surface area contributed by atoms with Crippen molar-refractivity contribution < 1.29 is 8.42 Å². The molecule has 6 nitrogen and oxygen atoms in total. The zero-order chi connectivity index (χ0) is 16.4. The molecule has 0 aliphatic carbocycles. The van der Waals surface area contributed by atoms with Gasteiger partial charge in [-0.3, -0.25) is 0 Å². The predicted molar refractivity (Wildman–Crippen MR) is 93.3 cm³/mol. The number of fused-ring (bicyclic) bond motifs is 1. The number of benzene rings is 1. The van der Waals surface area contributed by atoms with E-state index in [0.717, 1.165) is 48.5 Å². The van der Waals surface area contributed by atoms with Gasteiger partial charge in [0.2, 0.25) is 10.0 Å². The molecule has 0 atom stereocenters. The molecule has 3 rings (SSSR count). The fraction of sp³-hybridized carbons (Fsp3) is 0.562. The highest BCUT2D eigenvalue weighted by Gasteiger charge is 2.26. The van der Waals surface area contributed by atoms with Crippen LogP contribution in [0.25, 0.3) is 11.0 Å². The SMILES string of the molecule is CCCCS(=O)(=O)N1CCN(c2ccc3nc(C)[nH]c3c2)CC1. The summed E-state index contributed by atoms with van der Waals surface area (Å²) in [6.07, 6.45) is 1.64. The summed E-state index contributed by atoms with van der Waals surface area (Å²) < 4.78 is 26.2. The lowest BCUT2D eigenvalue weighted by molar-refractivity contribution is 0.384. The summed E-state index contributed by atoms with van der Waals surface area (Å²) in [7, 11) is -3.09. The maximum atomic E-state index is 12.3. The number of H-pyrrole nitrogens is 1. The van der Waals surface area contributed by atoms with Crippen molar-refractivity contribution in [2.45, 2.75) is 26.7 Å². The van der Waals surface area contributed by atoms with Gasteiger partial charge in [-0.1, -0.05) is 13.3 Å². The van der Waals surface area contributed by atoms with Crippen LogP contribution in [0.5, 0.6) is 0 Å². The van der Waals surface area contributed by atoms with Crippen LogP contribution in [-0.2, 0) is 10.0 Å². The molecular formula is C16H24N4O2S. The Morgan fingerprint density at radius 3 is 2.65 bits per heavy atom. The van der Waals surface area contributed by atoms with E-state index in [2.05, 4.69) is 27.0 Å². The fourth-order valence-electron chi connectivity index (χ4n) is 3.00. The summed E-state index contributed by atoms with van der Waals surface area (Å²) in [6.45, 7) is 6.53. The lowest BCUT2D eigenvalue weighted by atomic mass is 10.2. The standard InChI is InChI=1S/C16H24N4O2S/c1-3-4-11-23(21,22)20-9-7-19(8-10-20)14-5-6-15-16(12-14)18-13(2)17-15/h5-6,12H,3-4,7-11H2,1-2H3,(H,17,18). The van der Waals surface area contributed by atoms with E-state index >= 15 is 0 Å². The van der Waals surface area contributed by atoms with E-state index in [1.165, 1.54) is 0 Å². The van der Waals surface area contributed by atoms with Crippen LogP contribution in [0.1, 0.15) is 25.6 Å². The maximum absolute atomic E-state index is 12.3. The topological polar surface area (TPSA) is 69.3 Å². The highest BCUT2D eigenvalue weighted by atomic mass is 32.2. The van der Waals surface area contributed by atoms with E-state index in [4.69, 9.17) is 0 Å². The maximum Gasteiger partial charge on any atom is 0.214 e. The third-order valence-corrected chi connectivity index (χ3v) is 6.29. The molecule has 0 spiro atoms. The minimum atomic E-state index is -3.09. The first-order chi connectivity index (χ1) is 11.0.